The standard InChI is InChI=1S/C18H23N3O3/c1-12-6-7-13(2)21(12)19-17(22)15-8-10-16(11-9-15)24-14(3)18(23)20(4)5/h6-11,14H,1-5H3,(H,19,22)/t14-/m0/s1. The molecule has 6 heteroatoms. The molecular weight excluding hydrogens is 306 g/mol. The highest BCUT2D eigenvalue weighted by atomic mass is 16.5. The maximum atomic E-state index is 12.3. The van der Waals surface area contributed by atoms with Crippen LogP contribution in [0, 0.1) is 13.8 Å². The van der Waals surface area contributed by atoms with Crippen molar-refractivity contribution < 1.29 is 14.3 Å². The number of ether oxygens (including phenoxy) is 1. The van der Waals surface area contributed by atoms with Gasteiger partial charge in [0.05, 0.1) is 0 Å². The monoisotopic (exact) mass is 329 g/mol. The third-order valence-corrected chi connectivity index (χ3v) is 3.70. The van der Waals surface area contributed by atoms with E-state index in [2.05, 4.69) is 5.43 Å². The number of nitrogens with zero attached hydrogens (tertiary/aromatic N) is 2. The first-order valence-electron chi connectivity index (χ1n) is 7.74. The van der Waals surface area contributed by atoms with Crippen LogP contribution >= 0.6 is 0 Å². The molecule has 128 valence electrons. The Balaban J connectivity index is 2.04. The van der Waals surface area contributed by atoms with Crippen molar-refractivity contribution in [3.63, 3.8) is 0 Å². The number of amides is 2. The third-order valence-electron chi connectivity index (χ3n) is 3.70. The van der Waals surface area contributed by atoms with Gasteiger partial charge in [-0.2, -0.15) is 0 Å². The second-order valence-corrected chi connectivity index (χ2v) is 5.91. The summed E-state index contributed by atoms with van der Waals surface area (Å²) in [6.45, 7) is 5.54. The summed E-state index contributed by atoms with van der Waals surface area (Å²) in [7, 11) is 3.36. The summed E-state index contributed by atoms with van der Waals surface area (Å²) in [5.74, 6) is 0.222. The molecule has 1 aromatic carbocycles. The van der Waals surface area contributed by atoms with Crippen molar-refractivity contribution >= 4 is 11.8 Å². The average Bonchev–Trinajstić information content (AvgIpc) is 2.86. The minimum atomic E-state index is -0.579. The van der Waals surface area contributed by atoms with Crippen LogP contribution in [0.25, 0.3) is 0 Å². The molecule has 0 fully saturated rings. The van der Waals surface area contributed by atoms with Crippen LogP contribution in [-0.4, -0.2) is 41.6 Å². The quantitative estimate of drug-likeness (QED) is 0.916. The van der Waals surface area contributed by atoms with Gasteiger partial charge in [-0.1, -0.05) is 0 Å². The molecule has 0 saturated carbocycles. The number of carbonyl (C=O) groups is 2. The number of hydrogen-bond acceptors (Lipinski definition) is 3. The maximum Gasteiger partial charge on any atom is 0.270 e. The molecule has 0 spiro atoms. The lowest BCUT2D eigenvalue weighted by Crippen LogP contribution is -2.35. The first-order valence-corrected chi connectivity index (χ1v) is 7.74. The number of aromatic nitrogens is 1. The van der Waals surface area contributed by atoms with Gasteiger partial charge in [-0.15, -0.1) is 0 Å². The fourth-order valence-corrected chi connectivity index (χ4v) is 2.31. The van der Waals surface area contributed by atoms with Crippen molar-refractivity contribution in [3.8, 4) is 5.75 Å². The topological polar surface area (TPSA) is 63.6 Å². The zero-order valence-electron chi connectivity index (χ0n) is 14.7. The van der Waals surface area contributed by atoms with E-state index in [0.717, 1.165) is 11.4 Å². The van der Waals surface area contributed by atoms with Gasteiger partial charge in [-0.25, -0.2) is 0 Å². The van der Waals surface area contributed by atoms with Crippen molar-refractivity contribution in [1.29, 1.82) is 0 Å². The second-order valence-electron chi connectivity index (χ2n) is 5.91. The van der Waals surface area contributed by atoms with E-state index >= 15 is 0 Å². The highest BCUT2D eigenvalue weighted by Crippen LogP contribution is 2.15. The van der Waals surface area contributed by atoms with Gasteiger partial charge in [0.2, 0.25) is 0 Å². The molecule has 2 rings (SSSR count). The Kier molecular flexibility index (Phi) is 5.28. The minimum Gasteiger partial charge on any atom is -0.481 e. The highest BCUT2D eigenvalue weighted by Gasteiger charge is 2.16. The van der Waals surface area contributed by atoms with Crippen LogP contribution in [-0.2, 0) is 4.79 Å². The van der Waals surface area contributed by atoms with Gasteiger partial charge in [-0.3, -0.25) is 19.7 Å². The van der Waals surface area contributed by atoms with Crippen molar-refractivity contribution in [2.45, 2.75) is 26.9 Å². The summed E-state index contributed by atoms with van der Waals surface area (Å²) in [4.78, 5) is 25.6. The first kappa shape index (κ1) is 17.6. The first-order chi connectivity index (χ1) is 11.3. The van der Waals surface area contributed by atoms with E-state index in [1.165, 1.54) is 4.90 Å². The Morgan fingerprint density at radius 2 is 1.58 bits per heavy atom. The number of hydrogen-bond donors (Lipinski definition) is 1. The van der Waals surface area contributed by atoms with Gasteiger partial charge in [0.25, 0.3) is 11.8 Å². The molecule has 0 radical (unpaired) electrons. The van der Waals surface area contributed by atoms with Crippen LogP contribution in [0.15, 0.2) is 36.4 Å². The molecule has 2 amide bonds. The second kappa shape index (κ2) is 7.21. The van der Waals surface area contributed by atoms with Gasteiger partial charge >= 0.3 is 0 Å². The Bertz CT molecular complexity index is 713. The highest BCUT2D eigenvalue weighted by molar-refractivity contribution is 6.00. The predicted molar refractivity (Wildman–Crippen MR) is 92.8 cm³/mol. The molecule has 24 heavy (non-hydrogen) atoms. The number of carbonyl (C=O) groups excluding carboxylic acids is 2. The number of aryl methyl sites for hydroxylation is 2. The number of likely N-dealkylation sites (N-methyl/N-ethyl adjacent to an activating group) is 1. The van der Waals surface area contributed by atoms with E-state index in [1.54, 1.807) is 50.0 Å². The number of nitrogens with one attached hydrogen (secondary N) is 1. The van der Waals surface area contributed by atoms with E-state index in [1.807, 2.05) is 26.0 Å². The van der Waals surface area contributed by atoms with Crippen molar-refractivity contribution in [2.75, 3.05) is 19.5 Å². The van der Waals surface area contributed by atoms with E-state index in [0.29, 0.717) is 11.3 Å². The van der Waals surface area contributed by atoms with Gasteiger partial charge in [-0.05, 0) is 57.2 Å². The van der Waals surface area contributed by atoms with Crippen LogP contribution < -0.4 is 10.2 Å². The molecule has 1 aromatic heterocycles. The lowest BCUT2D eigenvalue weighted by molar-refractivity contribution is -0.135. The minimum absolute atomic E-state index is 0.115. The SMILES string of the molecule is Cc1ccc(C)n1NC(=O)c1ccc(O[C@@H](C)C(=O)N(C)C)cc1. The summed E-state index contributed by atoms with van der Waals surface area (Å²) in [6, 6.07) is 10.6. The molecular formula is C18H23N3O3. The molecule has 1 heterocycles. The Hall–Kier alpha value is -2.76. The summed E-state index contributed by atoms with van der Waals surface area (Å²) in [6.07, 6.45) is -0.579. The normalized spacial score (nSPS) is 11.7. The molecule has 0 saturated heterocycles. The van der Waals surface area contributed by atoms with Crippen LogP contribution in [0.2, 0.25) is 0 Å². The van der Waals surface area contributed by atoms with Crippen molar-refractivity contribution in [2.24, 2.45) is 0 Å². The largest absolute Gasteiger partial charge is 0.481 e. The fraction of sp³-hybridized carbons (Fsp3) is 0.333. The Labute approximate surface area is 142 Å². The molecule has 0 aliphatic rings. The molecule has 0 bridgehead atoms. The summed E-state index contributed by atoms with van der Waals surface area (Å²) >= 11 is 0. The summed E-state index contributed by atoms with van der Waals surface area (Å²) in [5, 5.41) is 0. The van der Waals surface area contributed by atoms with E-state index in [4.69, 9.17) is 4.74 Å². The lowest BCUT2D eigenvalue weighted by Gasteiger charge is -2.18. The van der Waals surface area contributed by atoms with Crippen LogP contribution in [0.3, 0.4) is 0 Å². The third kappa shape index (κ3) is 3.95. The predicted octanol–water partition coefficient (Wildman–Crippen LogP) is 2.34. The van der Waals surface area contributed by atoms with Gasteiger partial charge in [0.15, 0.2) is 6.10 Å². The molecule has 0 aliphatic heterocycles. The Morgan fingerprint density at radius 3 is 2.08 bits per heavy atom. The lowest BCUT2D eigenvalue weighted by atomic mass is 10.2. The summed E-state index contributed by atoms with van der Waals surface area (Å²) in [5.41, 5.74) is 5.27. The van der Waals surface area contributed by atoms with Gasteiger partial charge in [0, 0.05) is 31.0 Å². The zero-order valence-corrected chi connectivity index (χ0v) is 14.7. The number of rotatable bonds is 5. The molecule has 0 unspecified atom stereocenters. The molecule has 1 N–H and O–H groups in total. The maximum absolute atomic E-state index is 12.3. The smallest absolute Gasteiger partial charge is 0.270 e. The molecule has 6 nitrogen and oxygen atoms in total. The molecule has 1 atom stereocenters. The van der Waals surface area contributed by atoms with E-state index < -0.39 is 6.10 Å². The zero-order chi connectivity index (χ0) is 17.9. The van der Waals surface area contributed by atoms with Crippen molar-refractivity contribution in [1.82, 2.24) is 9.58 Å². The Morgan fingerprint density at radius 1 is 1.04 bits per heavy atom. The molecule has 2 aromatic rings. The van der Waals surface area contributed by atoms with E-state index in [9.17, 15) is 9.59 Å². The molecule has 0 aliphatic carbocycles. The van der Waals surface area contributed by atoms with Crippen LogP contribution in [0.1, 0.15) is 28.7 Å². The van der Waals surface area contributed by atoms with Crippen LogP contribution in [0.5, 0.6) is 5.75 Å². The fourth-order valence-electron chi connectivity index (χ4n) is 2.31. The van der Waals surface area contributed by atoms with Crippen LogP contribution in [0.4, 0.5) is 0 Å². The summed E-state index contributed by atoms with van der Waals surface area (Å²) < 4.78 is 7.33. The van der Waals surface area contributed by atoms with Gasteiger partial charge in [0.1, 0.15) is 5.75 Å². The average molecular weight is 329 g/mol. The van der Waals surface area contributed by atoms with Gasteiger partial charge < -0.3 is 9.64 Å². The van der Waals surface area contributed by atoms with Crippen molar-refractivity contribution in [3.05, 3.63) is 53.3 Å². The van der Waals surface area contributed by atoms with E-state index in [-0.39, 0.29) is 11.8 Å². The number of benzene rings is 1.